The van der Waals surface area contributed by atoms with Crippen molar-refractivity contribution in [3.05, 3.63) is 58.4 Å². The Hall–Kier alpha value is -2.48. The van der Waals surface area contributed by atoms with Gasteiger partial charge in [-0.25, -0.2) is 4.39 Å². The molecule has 0 saturated carbocycles. The Morgan fingerprint density at radius 1 is 1.27 bits per heavy atom. The molecule has 2 aromatic rings. The number of halogens is 5. The highest BCUT2D eigenvalue weighted by molar-refractivity contribution is 6.33. The number of rotatable bonds is 7. The molecule has 33 heavy (non-hydrogen) atoms. The van der Waals surface area contributed by atoms with Gasteiger partial charge in [0, 0.05) is 37.3 Å². The van der Waals surface area contributed by atoms with Crippen molar-refractivity contribution >= 4 is 28.9 Å². The lowest BCUT2D eigenvalue weighted by Crippen LogP contribution is -2.40. The van der Waals surface area contributed by atoms with Crippen molar-refractivity contribution in [2.45, 2.75) is 51.9 Å². The van der Waals surface area contributed by atoms with E-state index in [4.69, 9.17) is 17.3 Å². The summed E-state index contributed by atoms with van der Waals surface area (Å²) in [6.45, 7) is 4.70. The van der Waals surface area contributed by atoms with Crippen LogP contribution in [0.2, 0.25) is 5.02 Å². The number of benzene rings is 2. The van der Waals surface area contributed by atoms with Crippen LogP contribution in [0, 0.1) is 11.7 Å². The third-order valence-corrected chi connectivity index (χ3v) is 6.42. The number of hydrogen-bond donors (Lipinski definition) is 1. The van der Waals surface area contributed by atoms with E-state index in [2.05, 4.69) is 0 Å². The van der Waals surface area contributed by atoms with E-state index in [1.54, 1.807) is 28.0 Å². The SMILES string of the molecule is CCCC(C)C(=O)N1CC[C@H](N(Cc2ccc(F)cc2C(F)(F)F)c2ccc(N)c(Cl)c2)C1. The number of carbonyl (C=O) groups is 1. The lowest BCUT2D eigenvalue weighted by atomic mass is 10.0. The third-order valence-electron chi connectivity index (χ3n) is 6.09. The van der Waals surface area contributed by atoms with Crippen LogP contribution in [0.5, 0.6) is 0 Å². The average molecular weight is 486 g/mol. The summed E-state index contributed by atoms with van der Waals surface area (Å²) in [5.74, 6) is -1.01. The minimum Gasteiger partial charge on any atom is -0.398 e. The Kier molecular flexibility index (Phi) is 7.77. The maximum atomic E-state index is 13.6. The second-order valence-electron chi connectivity index (χ2n) is 8.55. The first kappa shape index (κ1) is 25.1. The van der Waals surface area contributed by atoms with Gasteiger partial charge in [-0.15, -0.1) is 0 Å². The number of anilines is 2. The zero-order valence-corrected chi connectivity index (χ0v) is 19.4. The lowest BCUT2D eigenvalue weighted by Gasteiger charge is -2.33. The molecule has 1 aliphatic rings. The third kappa shape index (κ3) is 5.91. The minimum atomic E-state index is -4.70. The van der Waals surface area contributed by atoms with Crippen LogP contribution in [0.3, 0.4) is 0 Å². The number of amides is 1. The summed E-state index contributed by atoms with van der Waals surface area (Å²) in [6, 6.07) is 7.37. The van der Waals surface area contributed by atoms with Crippen LogP contribution in [0.1, 0.15) is 44.2 Å². The van der Waals surface area contributed by atoms with E-state index in [-0.39, 0.29) is 35.0 Å². The summed E-state index contributed by atoms with van der Waals surface area (Å²) >= 11 is 6.20. The van der Waals surface area contributed by atoms with E-state index in [1.165, 1.54) is 0 Å². The Morgan fingerprint density at radius 3 is 2.64 bits per heavy atom. The Labute approximate surface area is 196 Å². The second kappa shape index (κ2) is 10.2. The van der Waals surface area contributed by atoms with Crippen molar-refractivity contribution in [3.8, 4) is 0 Å². The van der Waals surface area contributed by atoms with Crippen molar-refractivity contribution in [2.24, 2.45) is 5.92 Å². The number of nitrogens with zero attached hydrogens (tertiary/aromatic N) is 2. The largest absolute Gasteiger partial charge is 0.416 e. The Morgan fingerprint density at radius 2 is 2.00 bits per heavy atom. The van der Waals surface area contributed by atoms with E-state index >= 15 is 0 Å². The molecule has 1 aliphatic heterocycles. The average Bonchev–Trinajstić information content (AvgIpc) is 3.23. The highest BCUT2D eigenvalue weighted by Crippen LogP contribution is 2.36. The molecule has 1 fully saturated rings. The summed E-state index contributed by atoms with van der Waals surface area (Å²) in [5, 5.41) is 0.287. The molecule has 3 rings (SSSR count). The van der Waals surface area contributed by atoms with Gasteiger partial charge in [-0.1, -0.05) is 37.9 Å². The number of carbonyl (C=O) groups excluding carboxylic acids is 1. The molecule has 0 bridgehead atoms. The highest BCUT2D eigenvalue weighted by Gasteiger charge is 2.36. The molecule has 1 saturated heterocycles. The first-order valence-corrected chi connectivity index (χ1v) is 11.3. The van der Waals surface area contributed by atoms with Crippen molar-refractivity contribution in [3.63, 3.8) is 0 Å². The van der Waals surface area contributed by atoms with Gasteiger partial charge in [-0.2, -0.15) is 13.2 Å². The van der Waals surface area contributed by atoms with Crippen LogP contribution >= 0.6 is 11.6 Å². The number of alkyl halides is 3. The van der Waals surface area contributed by atoms with E-state index in [9.17, 15) is 22.4 Å². The molecule has 1 unspecified atom stereocenters. The minimum absolute atomic E-state index is 0.0485. The molecule has 2 aromatic carbocycles. The monoisotopic (exact) mass is 485 g/mol. The summed E-state index contributed by atoms with van der Waals surface area (Å²) in [7, 11) is 0. The van der Waals surface area contributed by atoms with Gasteiger partial charge in [-0.3, -0.25) is 4.79 Å². The molecule has 180 valence electrons. The molecule has 0 spiro atoms. The molecular formula is C24H28ClF4N3O. The predicted molar refractivity (Wildman–Crippen MR) is 123 cm³/mol. The van der Waals surface area contributed by atoms with Crippen molar-refractivity contribution in [1.82, 2.24) is 4.90 Å². The van der Waals surface area contributed by atoms with Crippen LogP contribution < -0.4 is 10.6 Å². The van der Waals surface area contributed by atoms with Crippen LogP contribution in [0.25, 0.3) is 0 Å². The zero-order valence-electron chi connectivity index (χ0n) is 18.6. The first-order chi connectivity index (χ1) is 15.5. The fraction of sp³-hybridized carbons (Fsp3) is 0.458. The quantitative estimate of drug-likeness (QED) is 0.379. The fourth-order valence-corrected chi connectivity index (χ4v) is 4.50. The summed E-state index contributed by atoms with van der Waals surface area (Å²) in [5.41, 5.74) is 5.70. The number of likely N-dealkylation sites (tertiary alicyclic amines) is 1. The maximum absolute atomic E-state index is 13.6. The van der Waals surface area contributed by atoms with Crippen LogP contribution in [0.4, 0.5) is 28.9 Å². The molecule has 0 aliphatic carbocycles. The van der Waals surface area contributed by atoms with E-state index in [1.807, 2.05) is 13.8 Å². The first-order valence-electron chi connectivity index (χ1n) is 11.0. The molecule has 2 N–H and O–H groups in total. The lowest BCUT2D eigenvalue weighted by molar-refractivity contribution is -0.138. The molecule has 1 amide bonds. The van der Waals surface area contributed by atoms with Crippen LogP contribution in [-0.2, 0) is 17.5 Å². The molecular weight excluding hydrogens is 458 g/mol. The number of hydrogen-bond acceptors (Lipinski definition) is 3. The molecule has 0 radical (unpaired) electrons. The standard InChI is InChI=1S/C24H28ClF4N3O/c1-3-4-15(2)23(33)31-10-9-19(14-31)32(18-7-8-22(30)21(25)12-18)13-16-5-6-17(26)11-20(16)24(27,28)29/h5-8,11-12,15,19H,3-4,9-10,13-14,30H2,1-2H3/t15?,19-/m0/s1. The predicted octanol–water partition coefficient (Wildman–Crippen LogP) is 6.12. The van der Waals surface area contributed by atoms with Crippen molar-refractivity contribution in [1.29, 1.82) is 0 Å². The zero-order chi connectivity index (χ0) is 24.3. The normalized spacial score (nSPS) is 17.3. The van der Waals surface area contributed by atoms with E-state index in [0.717, 1.165) is 25.0 Å². The summed E-state index contributed by atoms with van der Waals surface area (Å²) in [4.78, 5) is 16.4. The Balaban J connectivity index is 1.94. The number of nitrogens with two attached hydrogens (primary N) is 1. The summed E-state index contributed by atoms with van der Waals surface area (Å²) < 4.78 is 54.5. The van der Waals surface area contributed by atoms with Crippen molar-refractivity contribution < 1.29 is 22.4 Å². The number of nitrogen functional groups attached to an aromatic ring is 1. The van der Waals surface area contributed by atoms with Gasteiger partial charge < -0.3 is 15.5 Å². The molecule has 2 atom stereocenters. The second-order valence-corrected chi connectivity index (χ2v) is 8.96. The van der Waals surface area contributed by atoms with Crippen LogP contribution in [0.15, 0.2) is 36.4 Å². The molecule has 1 heterocycles. The van der Waals surface area contributed by atoms with Gasteiger partial charge in [0.15, 0.2) is 0 Å². The van der Waals surface area contributed by atoms with Gasteiger partial charge in [0.2, 0.25) is 5.91 Å². The molecule has 9 heteroatoms. The van der Waals surface area contributed by atoms with Gasteiger partial charge in [-0.05, 0) is 48.7 Å². The van der Waals surface area contributed by atoms with Gasteiger partial charge in [0.25, 0.3) is 0 Å². The Bertz CT molecular complexity index is 998. The maximum Gasteiger partial charge on any atom is 0.416 e. The highest BCUT2D eigenvalue weighted by atomic mass is 35.5. The smallest absolute Gasteiger partial charge is 0.398 e. The molecule has 4 nitrogen and oxygen atoms in total. The molecule has 0 aromatic heterocycles. The van der Waals surface area contributed by atoms with Gasteiger partial charge in [0.05, 0.1) is 16.3 Å². The fourth-order valence-electron chi connectivity index (χ4n) is 4.32. The van der Waals surface area contributed by atoms with Crippen LogP contribution in [-0.4, -0.2) is 29.9 Å². The van der Waals surface area contributed by atoms with E-state index in [0.29, 0.717) is 37.0 Å². The van der Waals surface area contributed by atoms with Crippen molar-refractivity contribution in [2.75, 3.05) is 23.7 Å². The van der Waals surface area contributed by atoms with E-state index < -0.39 is 17.6 Å². The van der Waals surface area contributed by atoms with Gasteiger partial charge in [0.1, 0.15) is 5.82 Å². The topological polar surface area (TPSA) is 49.6 Å². The van der Waals surface area contributed by atoms with Gasteiger partial charge >= 0.3 is 6.18 Å². The summed E-state index contributed by atoms with van der Waals surface area (Å²) in [6.07, 6.45) is -2.43.